The summed E-state index contributed by atoms with van der Waals surface area (Å²) in [5.74, 6) is 0.805. The molecule has 2 aromatic rings. The van der Waals surface area contributed by atoms with E-state index in [1.54, 1.807) is 4.90 Å². The molecule has 0 spiro atoms. The van der Waals surface area contributed by atoms with Gasteiger partial charge in [0.05, 0.1) is 0 Å². The highest BCUT2D eigenvalue weighted by Gasteiger charge is 2.25. The molecule has 1 saturated heterocycles. The van der Waals surface area contributed by atoms with Gasteiger partial charge in [0.2, 0.25) is 0 Å². The monoisotopic (exact) mass is 383 g/mol. The van der Waals surface area contributed by atoms with Gasteiger partial charge in [-0.2, -0.15) is 0 Å². The van der Waals surface area contributed by atoms with Crippen molar-refractivity contribution in [2.75, 3.05) is 36.8 Å². The lowest BCUT2D eigenvalue weighted by Crippen LogP contribution is -2.50. The first-order valence-electron chi connectivity index (χ1n) is 9.61. The van der Waals surface area contributed by atoms with Gasteiger partial charge in [-0.25, -0.2) is 4.79 Å². The van der Waals surface area contributed by atoms with Gasteiger partial charge in [0, 0.05) is 43.1 Å². The van der Waals surface area contributed by atoms with E-state index >= 15 is 0 Å². The minimum atomic E-state index is -0.464. The van der Waals surface area contributed by atoms with Gasteiger partial charge in [0.25, 0.3) is 0 Å². The minimum Gasteiger partial charge on any atom is -0.489 e. The first-order valence-corrected chi connectivity index (χ1v) is 9.61. The number of amides is 1. The molecule has 2 aromatic carbocycles. The van der Waals surface area contributed by atoms with Crippen LogP contribution in [0.1, 0.15) is 26.3 Å². The molecule has 1 heterocycles. The highest BCUT2D eigenvalue weighted by atomic mass is 16.6. The summed E-state index contributed by atoms with van der Waals surface area (Å²) in [6, 6.07) is 15.7. The van der Waals surface area contributed by atoms with Gasteiger partial charge in [-0.15, -0.1) is 0 Å². The number of piperazine rings is 1. The van der Waals surface area contributed by atoms with Gasteiger partial charge in [-0.05, 0) is 51.1 Å². The molecule has 3 rings (SSSR count). The average molecular weight is 383 g/mol. The molecule has 150 valence electrons. The summed E-state index contributed by atoms with van der Waals surface area (Å²) in [5.41, 5.74) is 8.32. The van der Waals surface area contributed by atoms with Crippen LogP contribution in [0.25, 0.3) is 0 Å². The molecule has 1 fully saturated rings. The fraction of sp³-hybridized carbons (Fsp3) is 0.409. The van der Waals surface area contributed by atoms with E-state index in [0.29, 0.717) is 19.7 Å². The highest BCUT2D eigenvalue weighted by Crippen LogP contribution is 2.23. The van der Waals surface area contributed by atoms with Crippen LogP contribution in [0.3, 0.4) is 0 Å². The van der Waals surface area contributed by atoms with Crippen molar-refractivity contribution >= 4 is 17.5 Å². The van der Waals surface area contributed by atoms with Gasteiger partial charge in [-0.3, -0.25) is 0 Å². The molecule has 1 aliphatic heterocycles. The number of nitrogen functional groups attached to an aromatic ring is 1. The van der Waals surface area contributed by atoms with E-state index in [1.807, 2.05) is 69.3 Å². The number of anilines is 2. The number of para-hydroxylation sites is 1. The minimum absolute atomic E-state index is 0.240. The van der Waals surface area contributed by atoms with Gasteiger partial charge in [-0.1, -0.05) is 18.2 Å². The predicted molar refractivity (Wildman–Crippen MR) is 112 cm³/mol. The number of hydrogen-bond donors (Lipinski definition) is 1. The Bertz CT molecular complexity index is 791. The van der Waals surface area contributed by atoms with E-state index in [2.05, 4.69) is 4.90 Å². The summed E-state index contributed by atoms with van der Waals surface area (Å²) in [6.45, 7) is 8.96. The number of benzene rings is 2. The van der Waals surface area contributed by atoms with Gasteiger partial charge in [0.15, 0.2) is 0 Å². The molecule has 0 aromatic heterocycles. The first kappa shape index (κ1) is 19.9. The standard InChI is InChI=1S/C22H29N3O3/c1-22(2,3)28-21(26)25-14-12-24(13-15-25)18-8-10-19(11-9-18)27-16-17-6-4-5-7-20(17)23/h4-11H,12-16,23H2,1-3H3. The smallest absolute Gasteiger partial charge is 0.410 e. The molecule has 0 bridgehead atoms. The van der Waals surface area contributed by atoms with Crippen molar-refractivity contribution in [1.82, 2.24) is 4.90 Å². The quantitative estimate of drug-likeness (QED) is 0.811. The van der Waals surface area contributed by atoms with Gasteiger partial charge >= 0.3 is 6.09 Å². The van der Waals surface area contributed by atoms with E-state index in [1.165, 1.54) is 0 Å². The zero-order valence-corrected chi connectivity index (χ0v) is 16.9. The summed E-state index contributed by atoms with van der Waals surface area (Å²) in [5, 5.41) is 0. The maximum Gasteiger partial charge on any atom is 0.410 e. The van der Waals surface area contributed by atoms with Crippen molar-refractivity contribution in [3.8, 4) is 5.75 Å². The predicted octanol–water partition coefficient (Wildman–Crippen LogP) is 3.90. The lowest BCUT2D eigenvalue weighted by molar-refractivity contribution is 0.0240. The Morgan fingerprint density at radius 3 is 2.25 bits per heavy atom. The number of carbonyl (C=O) groups excluding carboxylic acids is 1. The molecular weight excluding hydrogens is 354 g/mol. The van der Waals surface area contributed by atoms with Crippen molar-refractivity contribution in [1.29, 1.82) is 0 Å². The molecule has 1 amide bonds. The molecule has 0 radical (unpaired) electrons. The second-order valence-corrected chi connectivity index (χ2v) is 7.94. The highest BCUT2D eigenvalue weighted by molar-refractivity contribution is 5.68. The summed E-state index contributed by atoms with van der Waals surface area (Å²) in [7, 11) is 0. The van der Waals surface area contributed by atoms with Gasteiger partial charge in [0.1, 0.15) is 18.0 Å². The van der Waals surface area contributed by atoms with Crippen molar-refractivity contribution in [3.63, 3.8) is 0 Å². The second-order valence-electron chi connectivity index (χ2n) is 7.94. The molecule has 0 saturated carbocycles. The number of nitrogens with two attached hydrogens (primary N) is 1. The van der Waals surface area contributed by atoms with Crippen LogP contribution < -0.4 is 15.4 Å². The van der Waals surface area contributed by atoms with E-state index in [4.69, 9.17) is 15.2 Å². The maximum absolute atomic E-state index is 12.2. The second kappa shape index (κ2) is 8.42. The molecule has 6 heteroatoms. The Labute approximate surface area is 166 Å². The van der Waals surface area contributed by atoms with Crippen LogP contribution >= 0.6 is 0 Å². The molecule has 0 aliphatic carbocycles. The normalized spacial score (nSPS) is 14.7. The number of hydrogen-bond acceptors (Lipinski definition) is 5. The van der Waals surface area contributed by atoms with Gasteiger partial charge < -0.3 is 25.0 Å². The van der Waals surface area contributed by atoms with Crippen LogP contribution in [0, 0.1) is 0 Å². The Kier molecular flexibility index (Phi) is 5.97. The van der Waals surface area contributed by atoms with Crippen LogP contribution in [0.15, 0.2) is 48.5 Å². The number of nitrogens with zero attached hydrogens (tertiary/aromatic N) is 2. The molecule has 6 nitrogen and oxygen atoms in total. The zero-order valence-electron chi connectivity index (χ0n) is 16.9. The van der Waals surface area contributed by atoms with Crippen molar-refractivity contribution in [3.05, 3.63) is 54.1 Å². The Hall–Kier alpha value is -2.89. The fourth-order valence-corrected chi connectivity index (χ4v) is 3.05. The van der Waals surface area contributed by atoms with E-state index in [-0.39, 0.29) is 6.09 Å². The molecular formula is C22H29N3O3. The maximum atomic E-state index is 12.2. The van der Waals surface area contributed by atoms with Crippen LogP contribution in [-0.2, 0) is 11.3 Å². The third-order valence-electron chi connectivity index (χ3n) is 4.58. The fourth-order valence-electron chi connectivity index (χ4n) is 3.05. The third kappa shape index (κ3) is 5.31. The number of carbonyl (C=O) groups is 1. The first-order chi connectivity index (χ1) is 13.3. The average Bonchev–Trinajstić information content (AvgIpc) is 2.67. The topological polar surface area (TPSA) is 68.0 Å². The lowest BCUT2D eigenvalue weighted by atomic mass is 10.2. The largest absolute Gasteiger partial charge is 0.489 e. The van der Waals surface area contributed by atoms with Crippen LogP contribution in [-0.4, -0.2) is 42.8 Å². The Morgan fingerprint density at radius 2 is 1.64 bits per heavy atom. The Balaban J connectivity index is 1.51. The summed E-state index contributed by atoms with van der Waals surface area (Å²) < 4.78 is 11.3. The SMILES string of the molecule is CC(C)(C)OC(=O)N1CCN(c2ccc(OCc3ccccc3N)cc2)CC1. The van der Waals surface area contributed by atoms with Crippen molar-refractivity contribution in [2.24, 2.45) is 0 Å². The molecule has 1 aliphatic rings. The summed E-state index contributed by atoms with van der Waals surface area (Å²) in [6.07, 6.45) is -0.240. The van der Waals surface area contributed by atoms with Crippen LogP contribution in [0.5, 0.6) is 5.75 Å². The van der Waals surface area contributed by atoms with E-state index in [0.717, 1.165) is 35.8 Å². The molecule has 0 unspecified atom stereocenters. The summed E-state index contributed by atoms with van der Waals surface area (Å²) in [4.78, 5) is 16.2. The van der Waals surface area contributed by atoms with Crippen LogP contribution in [0.4, 0.5) is 16.2 Å². The number of rotatable bonds is 4. The number of ether oxygens (including phenoxy) is 2. The Morgan fingerprint density at radius 1 is 1.00 bits per heavy atom. The van der Waals surface area contributed by atoms with Crippen molar-refractivity contribution < 1.29 is 14.3 Å². The third-order valence-corrected chi connectivity index (χ3v) is 4.58. The molecule has 2 N–H and O–H groups in total. The molecule has 28 heavy (non-hydrogen) atoms. The van der Waals surface area contributed by atoms with E-state index < -0.39 is 5.60 Å². The molecule has 0 atom stereocenters. The summed E-state index contributed by atoms with van der Waals surface area (Å²) >= 11 is 0. The van der Waals surface area contributed by atoms with E-state index in [9.17, 15) is 4.79 Å². The zero-order chi connectivity index (χ0) is 20.1. The van der Waals surface area contributed by atoms with Crippen LogP contribution in [0.2, 0.25) is 0 Å². The lowest BCUT2D eigenvalue weighted by Gasteiger charge is -2.36. The van der Waals surface area contributed by atoms with Crippen molar-refractivity contribution in [2.45, 2.75) is 33.0 Å².